The summed E-state index contributed by atoms with van der Waals surface area (Å²) in [5.41, 5.74) is 4.52. The summed E-state index contributed by atoms with van der Waals surface area (Å²) in [6.07, 6.45) is 9.14. The van der Waals surface area contributed by atoms with Crippen molar-refractivity contribution in [1.82, 2.24) is 9.97 Å². The van der Waals surface area contributed by atoms with E-state index in [-0.39, 0.29) is 0 Å². The second-order valence-corrected chi connectivity index (χ2v) is 7.90. The molecule has 0 unspecified atom stereocenters. The fraction of sp³-hybridized carbons (Fsp3) is 0.435. The SMILES string of the molecule is Cc1nc2cc(N(C=O)CCN(C)c3cccc(C4CCCCC4)c3)cnc2o1. The molecule has 0 bridgehead atoms. The van der Waals surface area contributed by atoms with Crippen molar-refractivity contribution in [3.05, 3.63) is 48.0 Å². The van der Waals surface area contributed by atoms with Crippen molar-refractivity contribution < 1.29 is 9.21 Å². The van der Waals surface area contributed by atoms with Crippen LogP contribution in [0.4, 0.5) is 11.4 Å². The summed E-state index contributed by atoms with van der Waals surface area (Å²) >= 11 is 0. The van der Waals surface area contributed by atoms with Gasteiger partial charge in [0.2, 0.25) is 12.1 Å². The number of pyridine rings is 1. The van der Waals surface area contributed by atoms with Gasteiger partial charge in [0.15, 0.2) is 5.89 Å². The van der Waals surface area contributed by atoms with Gasteiger partial charge in [0.1, 0.15) is 5.52 Å². The van der Waals surface area contributed by atoms with E-state index < -0.39 is 0 Å². The molecule has 6 nitrogen and oxygen atoms in total. The zero-order valence-electron chi connectivity index (χ0n) is 17.2. The largest absolute Gasteiger partial charge is 0.423 e. The Labute approximate surface area is 171 Å². The Morgan fingerprint density at radius 1 is 1.14 bits per heavy atom. The second-order valence-electron chi connectivity index (χ2n) is 7.90. The van der Waals surface area contributed by atoms with Crippen LogP contribution in [0.15, 0.2) is 40.9 Å². The van der Waals surface area contributed by atoms with Crippen molar-refractivity contribution >= 4 is 29.0 Å². The number of rotatable bonds is 7. The van der Waals surface area contributed by atoms with Gasteiger partial charge in [0, 0.05) is 32.7 Å². The van der Waals surface area contributed by atoms with Crippen molar-refractivity contribution in [2.24, 2.45) is 0 Å². The molecule has 0 N–H and O–H groups in total. The van der Waals surface area contributed by atoms with Crippen molar-refractivity contribution in [2.75, 3.05) is 29.9 Å². The lowest BCUT2D eigenvalue weighted by atomic mass is 9.84. The first-order valence-corrected chi connectivity index (χ1v) is 10.4. The summed E-state index contributed by atoms with van der Waals surface area (Å²) in [6.45, 7) is 3.08. The highest BCUT2D eigenvalue weighted by molar-refractivity contribution is 5.80. The fourth-order valence-electron chi connectivity index (χ4n) is 4.16. The van der Waals surface area contributed by atoms with E-state index in [9.17, 15) is 4.79 Å². The van der Waals surface area contributed by atoms with Crippen LogP contribution in [0.25, 0.3) is 11.2 Å². The standard InChI is InChI=1S/C23H28N4O2/c1-17-25-22-14-21(15-24-23(22)29-17)27(16-28)12-11-26(2)20-10-6-9-19(13-20)18-7-4-3-5-8-18/h6,9-10,13-16,18H,3-5,7-8,11-12H2,1-2H3. The normalized spacial score (nSPS) is 14.8. The van der Waals surface area contributed by atoms with Crippen molar-refractivity contribution in [3.63, 3.8) is 0 Å². The Bertz CT molecular complexity index is 978. The molecule has 6 heteroatoms. The lowest BCUT2D eigenvalue weighted by Gasteiger charge is -2.26. The lowest BCUT2D eigenvalue weighted by molar-refractivity contribution is -0.107. The summed E-state index contributed by atoms with van der Waals surface area (Å²) in [5, 5.41) is 0. The molecule has 1 saturated carbocycles. The first-order valence-electron chi connectivity index (χ1n) is 10.4. The minimum absolute atomic E-state index is 0.494. The van der Waals surface area contributed by atoms with Crippen LogP contribution in [0.3, 0.4) is 0 Å². The highest BCUT2D eigenvalue weighted by Crippen LogP contribution is 2.34. The van der Waals surface area contributed by atoms with Crippen LogP contribution in [-0.4, -0.2) is 36.5 Å². The van der Waals surface area contributed by atoms with Gasteiger partial charge in [-0.25, -0.2) is 9.97 Å². The Kier molecular flexibility index (Phi) is 5.79. The number of hydrogen-bond acceptors (Lipinski definition) is 5. The fourth-order valence-corrected chi connectivity index (χ4v) is 4.16. The van der Waals surface area contributed by atoms with Crippen LogP contribution in [0.5, 0.6) is 0 Å². The molecule has 152 valence electrons. The number of carbonyl (C=O) groups is 1. The second kappa shape index (κ2) is 8.64. The number of nitrogens with zero attached hydrogens (tertiary/aromatic N) is 4. The number of aromatic nitrogens is 2. The van der Waals surface area contributed by atoms with Crippen LogP contribution in [0, 0.1) is 6.92 Å². The molecular weight excluding hydrogens is 364 g/mol. The predicted molar refractivity (Wildman–Crippen MR) is 115 cm³/mol. The van der Waals surface area contributed by atoms with Gasteiger partial charge >= 0.3 is 0 Å². The Hall–Kier alpha value is -2.89. The van der Waals surface area contributed by atoms with Crippen LogP contribution in [0.2, 0.25) is 0 Å². The molecule has 0 spiro atoms. The van der Waals surface area contributed by atoms with Gasteiger partial charge in [-0.2, -0.15) is 0 Å². The average molecular weight is 393 g/mol. The number of aryl methyl sites for hydroxylation is 1. The first kappa shape index (κ1) is 19.4. The zero-order valence-corrected chi connectivity index (χ0v) is 17.2. The molecule has 0 saturated heterocycles. The molecule has 29 heavy (non-hydrogen) atoms. The number of benzene rings is 1. The molecule has 3 aromatic rings. The number of amides is 1. The van der Waals surface area contributed by atoms with E-state index in [0.717, 1.165) is 18.6 Å². The van der Waals surface area contributed by atoms with Crippen LogP contribution >= 0.6 is 0 Å². The van der Waals surface area contributed by atoms with Crippen molar-refractivity contribution in [2.45, 2.75) is 44.9 Å². The van der Waals surface area contributed by atoms with Crippen molar-refractivity contribution in [1.29, 1.82) is 0 Å². The van der Waals surface area contributed by atoms with Crippen LogP contribution < -0.4 is 9.80 Å². The smallest absolute Gasteiger partial charge is 0.247 e. The zero-order chi connectivity index (χ0) is 20.2. The van der Waals surface area contributed by atoms with Gasteiger partial charge in [-0.3, -0.25) is 4.79 Å². The van der Waals surface area contributed by atoms with Gasteiger partial charge in [-0.05, 0) is 42.5 Å². The Morgan fingerprint density at radius 2 is 1.97 bits per heavy atom. The van der Waals surface area contributed by atoms with Crippen LogP contribution in [-0.2, 0) is 4.79 Å². The number of anilines is 2. The van der Waals surface area contributed by atoms with Gasteiger partial charge in [0.05, 0.1) is 11.9 Å². The topological polar surface area (TPSA) is 62.5 Å². The Balaban J connectivity index is 1.43. The van der Waals surface area contributed by atoms with E-state index in [1.54, 1.807) is 18.0 Å². The molecule has 2 heterocycles. The summed E-state index contributed by atoms with van der Waals surface area (Å²) in [4.78, 5) is 24.1. The average Bonchev–Trinajstić information content (AvgIpc) is 3.14. The highest BCUT2D eigenvalue weighted by Gasteiger charge is 2.16. The number of oxazole rings is 1. The van der Waals surface area contributed by atoms with Gasteiger partial charge < -0.3 is 14.2 Å². The van der Waals surface area contributed by atoms with E-state index >= 15 is 0 Å². The minimum Gasteiger partial charge on any atom is -0.423 e. The molecule has 4 rings (SSSR count). The summed E-state index contributed by atoms with van der Waals surface area (Å²) in [5.74, 6) is 1.26. The predicted octanol–water partition coefficient (Wildman–Crippen LogP) is 4.68. The Morgan fingerprint density at radius 3 is 2.76 bits per heavy atom. The molecule has 0 radical (unpaired) electrons. The molecular formula is C23H28N4O2. The number of likely N-dealkylation sites (N-methyl/N-ethyl adjacent to an activating group) is 1. The number of fused-ring (bicyclic) bond motifs is 1. The van der Waals surface area contributed by atoms with Gasteiger partial charge in [0.25, 0.3) is 0 Å². The van der Waals surface area contributed by atoms with E-state index in [1.165, 1.54) is 43.4 Å². The molecule has 0 atom stereocenters. The van der Waals surface area contributed by atoms with Gasteiger partial charge in [-0.15, -0.1) is 0 Å². The molecule has 1 aromatic carbocycles. The third-order valence-electron chi connectivity index (χ3n) is 5.86. The van der Waals surface area contributed by atoms with E-state index in [2.05, 4.69) is 46.2 Å². The first-order chi connectivity index (χ1) is 14.1. The maximum Gasteiger partial charge on any atom is 0.247 e. The molecule has 2 aromatic heterocycles. The number of carbonyl (C=O) groups excluding carboxylic acids is 1. The van der Waals surface area contributed by atoms with Gasteiger partial charge in [-0.1, -0.05) is 31.4 Å². The number of hydrogen-bond donors (Lipinski definition) is 0. The lowest BCUT2D eigenvalue weighted by Crippen LogP contribution is -2.32. The third kappa shape index (κ3) is 4.42. The van der Waals surface area contributed by atoms with E-state index in [0.29, 0.717) is 29.6 Å². The van der Waals surface area contributed by atoms with E-state index in [4.69, 9.17) is 4.42 Å². The minimum atomic E-state index is 0.494. The molecule has 1 fully saturated rings. The monoisotopic (exact) mass is 392 g/mol. The summed E-state index contributed by atoms with van der Waals surface area (Å²) in [6, 6.07) is 10.7. The van der Waals surface area contributed by atoms with Crippen LogP contribution in [0.1, 0.15) is 49.5 Å². The molecule has 1 aliphatic carbocycles. The third-order valence-corrected chi connectivity index (χ3v) is 5.86. The van der Waals surface area contributed by atoms with E-state index in [1.807, 2.05) is 6.07 Å². The molecule has 1 aliphatic rings. The maximum atomic E-state index is 11.7. The quantitative estimate of drug-likeness (QED) is 0.547. The summed E-state index contributed by atoms with van der Waals surface area (Å²) < 4.78 is 5.42. The molecule has 0 aliphatic heterocycles. The maximum absolute atomic E-state index is 11.7. The van der Waals surface area contributed by atoms with Crippen molar-refractivity contribution in [3.8, 4) is 0 Å². The highest BCUT2D eigenvalue weighted by atomic mass is 16.4. The molecule has 1 amide bonds. The summed E-state index contributed by atoms with van der Waals surface area (Å²) in [7, 11) is 2.07.